The van der Waals surface area contributed by atoms with E-state index < -0.39 is 11.6 Å². The number of rotatable bonds is 2. The van der Waals surface area contributed by atoms with Gasteiger partial charge in [-0.25, -0.2) is 9.59 Å². The zero-order valence-corrected chi connectivity index (χ0v) is 22.5. The quantitative estimate of drug-likeness (QED) is 0.282. The highest BCUT2D eigenvalue weighted by atomic mass is 16.6. The first kappa shape index (κ1) is 26.2. The number of nitrogens with one attached hydrogen (secondary N) is 1. The van der Waals surface area contributed by atoms with Crippen molar-refractivity contribution < 1.29 is 19.4 Å². The highest BCUT2D eigenvalue weighted by Gasteiger charge is 2.28. The molecule has 5 heteroatoms. The number of benzene rings is 4. The van der Waals surface area contributed by atoms with Gasteiger partial charge in [0, 0.05) is 0 Å². The van der Waals surface area contributed by atoms with Gasteiger partial charge in [-0.15, -0.1) is 0 Å². The summed E-state index contributed by atoms with van der Waals surface area (Å²) in [5.74, 6) is -0.878. The number of fused-ring (bicyclic) bond motifs is 5. The third kappa shape index (κ3) is 5.73. The number of ether oxygens (including phenoxy) is 1. The number of carboxylic acids is 1. The van der Waals surface area contributed by atoms with Gasteiger partial charge in [0.15, 0.2) is 0 Å². The van der Waals surface area contributed by atoms with Crippen molar-refractivity contribution >= 4 is 39.2 Å². The molecule has 4 aromatic carbocycles. The Kier molecular flexibility index (Phi) is 7.25. The molecular formula is C34H33NO4. The van der Waals surface area contributed by atoms with E-state index in [0.29, 0.717) is 5.56 Å². The molecule has 6 rings (SSSR count). The molecule has 2 aliphatic rings. The summed E-state index contributed by atoms with van der Waals surface area (Å²) in [6.45, 7) is 5.67. The molecule has 1 amide bonds. The fraction of sp³-hybridized carbons (Fsp3) is 0.235. The summed E-state index contributed by atoms with van der Waals surface area (Å²) in [5, 5.41) is 16.3. The van der Waals surface area contributed by atoms with Crippen molar-refractivity contribution in [3.05, 3.63) is 113 Å². The third-order valence-electron chi connectivity index (χ3n) is 7.11. The molecular weight excluding hydrogens is 486 g/mol. The number of alkyl carbamates (subject to hydrolysis) is 1. The number of carbonyl (C=O) groups is 2. The average molecular weight is 520 g/mol. The molecule has 2 N–H and O–H groups in total. The van der Waals surface area contributed by atoms with Crippen LogP contribution in [0.3, 0.4) is 0 Å². The van der Waals surface area contributed by atoms with Gasteiger partial charge in [-0.05, 0) is 89.9 Å². The Hall–Kier alpha value is -4.38. The Morgan fingerprint density at radius 3 is 2.23 bits per heavy atom. The van der Waals surface area contributed by atoms with Crippen LogP contribution in [0.5, 0.6) is 0 Å². The van der Waals surface area contributed by atoms with E-state index in [-0.39, 0.29) is 12.1 Å². The first-order valence-corrected chi connectivity index (χ1v) is 13.3. The molecule has 0 heterocycles. The number of carbonyl (C=O) groups excluding carboxylic acids is 1. The summed E-state index contributed by atoms with van der Waals surface area (Å²) in [4.78, 5) is 23.1. The van der Waals surface area contributed by atoms with Gasteiger partial charge in [-0.3, -0.25) is 0 Å². The van der Waals surface area contributed by atoms with Crippen molar-refractivity contribution in [1.82, 2.24) is 5.32 Å². The summed E-state index contributed by atoms with van der Waals surface area (Å²) in [6.07, 6.45) is 6.84. The number of amides is 1. The van der Waals surface area contributed by atoms with Crippen molar-refractivity contribution in [3.8, 4) is 0 Å². The van der Waals surface area contributed by atoms with Gasteiger partial charge < -0.3 is 15.2 Å². The molecule has 4 aromatic rings. The fourth-order valence-corrected chi connectivity index (χ4v) is 5.46. The summed E-state index contributed by atoms with van der Waals surface area (Å²) < 4.78 is 5.45. The molecule has 1 atom stereocenters. The second kappa shape index (κ2) is 10.8. The highest BCUT2D eigenvalue weighted by Crippen LogP contribution is 2.40. The maximum Gasteiger partial charge on any atom is 0.408 e. The lowest BCUT2D eigenvalue weighted by atomic mass is 9.78. The SMILES string of the molecule is CC(C)(C)OC(=O)NC1CC=CC2=C1CCc1c2ccc2ccccc12.O=C(O)c1cccc2ccccc12. The predicted octanol–water partition coefficient (Wildman–Crippen LogP) is 7.93. The Labute approximate surface area is 228 Å². The van der Waals surface area contributed by atoms with Crippen LogP contribution in [-0.2, 0) is 11.2 Å². The summed E-state index contributed by atoms with van der Waals surface area (Å²) >= 11 is 0. The molecule has 0 bridgehead atoms. The Balaban J connectivity index is 0.000000198. The molecule has 0 aliphatic heterocycles. The molecule has 0 spiro atoms. The van der Waals surface area contributed by atoms with Crippen molar-refractivity contribution in [1.29, 1.82) is 0 Å². The number of aromatic carboxylic acids is 1. The van der Waals surface area contributed by atoms with Crippen LogP contribution in [0.25, 0.3) is 27.1 Å². The van der Waals surface area contributed by atoms with Crippen LogP contribution in [0.15, 0.2) is 96.6 Å². The van der Waals surface area contributed by atoms with Crippen molar-refractivity contribution in [3.63, 3.8) is 0 Å². The summed E-state index contributed by atoms with van der Waals surface area (Å²) in [7, 11) is 0. The van der Waals surface area contributed by atoms with Crippen LogP contribution in [0, 0.1) is 0 Å². The largest absolute Gasteiger partial charge is 0.478 e. The lowest BCUT2D eigenvalue weighted by Crippen LogP contribution is -2.41. The first-order chi connectivity index (χ1) is 18.7. The predicted molar refractivity (Wildman–Crippen MR) is 157 cm³/mol. The van der Waals surface area contributed by atoms with E-state index in [1.54, 1.807) is 12.1 Å². The van der Waals surface area contributed by atoms with Gasteiger partial charge in [0.05, 0.1) is 11.6 Å². The van der Waals surface area contributed by atoms with E-state index >= 15 is 0 Å². The molecule has 2 aliphatic carbocycles. The van der Waals surface area contributed by atoms with Crippen LogP contribution in [0.1, 0.15) is 55.1 Å². The molecule has 39 heavy (non-hydrogen) atoms. The Morgan fingerprint density at radius 1 is 0.846 bits per heavy atom. The second-order valence-corrected chi connectivity index (χ2v) is 10.9. The molecule has 0 aromatic heterocycles. The van der Waals surface area contributed by atoms with E-state index in [0.717, 1.165) is 30.0 Å². The number of allylic oxidation sites excluding steroid dienone is 2. The van der Waals surface area contributed by atoms with Crippen molar-refractivity contribution in [2.24, 2.45) is 0 Å². The lowest BCUT2D eigenvalue weighted by molar-refractivity contribution is 0.0511. The zero-order chi connectivity index (χ0) is 27.6. The number of aryl methyl sites for hydroxylation is 1. The van der Waals surface area contributed by atoms with Crippen molar-refractivity contribution in [2.75, 3.05) is 0 Å². The number of hydrogen-bond donors (Lipinski definition) is 2. The van der Waals surface area contributed by atoms with E-state index in [4.69, 9.17) is 9.84 Å². The monoisotopic (exact) mass is 519 g/mol. The van der Waals surface area contributed by atoms with Crippen LogP contribution < -0.4 is 5.32 Å². The standard InChI is InChI=1S/C23H25NO2.C11H8O2/c1-23(2,3)26-22(25)24-21-10-6-9-17-19-12-11-15-7-4-5-8-16(15)18(19)13-14-20(17)21;12-11(13)10-7-3-5-8-4-1-2-6-9(8)10/h4-9,11-12,21H,10,13-14H2,1-3H3,(H,24,25);1-7H,(H,12,13). The van der Waals surface area contributed by atoms with Gasteiger partial charge in [-0.1, -0.05) is 84.9 Å². The van der Waals surface area contributed by atoms with E-state index in [1.807, 2.05) is 51.1 Å². The second-order valence-electron chi connectivity index (χ2n) is 10.9. The fourth-order valence-electron chi connectivity index (χ4n) is 5.46. The molecule has 0 saturated carbocycles. The average Bonchev–Trinajstić information content (AvgIpc) is 2.91. The molecule has 0 radical (unpaired) electrons. The Morgan fingerprint density at radius 2 is 1.51 bits per heavy atom. The van der Waals surface area contributed by atoms with Gasteiger partial charge in [-0.2, -0.15) is 0 Å². The molecule has 0 fully saturated rings. The van der Waals surface area contributed by atoms with Crippen molar-refractivity contribution in [2.45, 2.75) is 51.7 Å². The molecule has 5 nitrogen and oxygen atoms in total. The van der Waals surface area contributed by atoms with E-state index in [2.05, 4.69) is 53.9 Å². The summed E-state index contributed by atoms with van der Waals surface area (Å²) in [5.41, 5.74) is 5.19. The van der Waals surface area contributed by atoms with Gasteiger partial charge >= 0.3 is 12.1 Å². The number of hydrogen-bond acceptors (Lipinski definition) is 3. The van der Waals surface area contributed by atoms with Crippen LogP contribution >= 0.6 is 0 Å². The number of carboxylic acid groups (broad SMARTS) is 1. The van der Waals surface area contributed by atoms with Gasteiger partial charge in [0.1, 0.15) is 5.60 Å². The highest BCUT2D eigenvalue weighted by molar-refractivity contribution is 6.03. The van der Waals surface area contributed by atoms with Crippen LogP contribution in [0.4, 0.5) is 4.79 Å². The maximum absolute atomic E-state index is 12.2. The van der Waals surface area contributed by atoms with E-state index in [9.17, 15) is 9.59 Å². The van der Waals surface area contributed by atoms with Crippen LogP contribution in [0.2, 0.25) is 0 Å². The van der Waals surface area contributed by atoms with E-state index in [1.165, 1.54) is 33.0 Å². The van der Waals surface area contributed by atoms with Gasteiger partial charge in [0.25, 0.3) is 0 Å². The molecule has 198 valence electrons. The maximum atomic E-state index is 12.2. The summed E-state index contributed by atoms with van der Waals surface area (Å²) in [6, 6.07) is 25.8. The van der Waals surface area contributed by atoms with Gasteiger partial charge in [0.2, 0.25) is 0 Å². The van der Waals surface area contributed by atoms with Crippen LogP contribution in [-0.4, -0.2) is 28.8 Å². The smallest absolute Gasteiger partial charge is 0.408 e. The third-order valence-corrected chi connectivity index (χ3v) is 7.11. The minimum absolute atomic E-state index is 0.0180. The molecule has 1 unspecified atom stereocenters. The zero-order valence-electron chi connectivity index (χ0n) is 22.5. The normalized spacial score (nSPS) is 16.1. The first-order valence-electron chi connectivity index (χ1n) is 13.3. The minimum atomic E-state index is -0.878. The topological polar surface area (TPSA) is 75.6 Å². The minimum Gasteiger partial charge on any atom is -0.478 e. The Bertz CT molecular complexity index is 1620. The lowest BCUT2D eigenvalue weighted by Gasteiger charge is -2.32. The molecule has 0 saturated heterocycles.